The number of piperazine rings is 1. The normalized spacial score (nSPS) is 16.4. The molecule has 0 spiro atoms. The summed E-state index contributed by atoms with van der Waals surface area (Å²) in [6.45, 7) is 4.08. The predicted molar refractivity (Wildman–Crippen MR) is 152 cm³/mol. The minimum atomic E-state index is 0.524. The van der Waals surface area contributed by atoms with Crippen LogP contribution in [0.4, 0.5) is 16.5 Å². The molecule has 5 aromatic rings. The van der Waals surface area contributed by atoms with Crippen LogP contribution in [0, 0.1) is 0 Å². The van der Waals surface area contributed by atoms with Crippen molar-refractivity contribution in [1.29, 1.82) is 0 Å². The van der Waals surface area contributed by atoms with Crippen LogP contribution < -0.4 is 10.2 Å². The summed E-state index contributed by atoms with van der Waals surface area (Å²) in [7, 11) is 2.19. The second-order valence-electron chi connectivity index (χ2n) is 9.95. The van der Waals surface area contributed by atoms with Crippen molar-refractivity contribution in [1.82, 2.24) is 24.6 Å². The molecule has 1 aliphatic heterocycles. The van der Waals surface area contributed by atoms with Crippen LogP contribution in [0.5, 0.6) is 0 Å². The Labute approximate surface area is 220 Å². The Morgan fingerprint density at radius 2 is 1.54 bits per heavy atom. The molecule has 0 radical (unpaired) electrons. The molecule has 7 nitrogen and oxygen atoms in total. The van der Waals surface area contributed by atoms with Crippen molar-refractivity contribution in [2.45, 2.75) is 18.9 Å². The van der Waals surface area contributed by atoms with Crippen molar-refractivity contribution < 1.29 is 0 Å². The monoisotopic (exact) mass is 507 g/mol. The molecule has 0 bridgehead atoms. The van der Waals surface area contributed by atoms with Gasteiger partial charge in [0.15, 0.2) is 0 Å². The SMILES string of the molecule is CN1CCN(c2cc3c(cc2Nc2nnc(-c4ccccc4)s2)nc(-c2ccccc2)n3C2CC2)CC1. The number of imidazole rings is 1. The number of rotatable bonds is 6. The molecule has 2 fully saturated rings. The van der Waals surface area contributed by atoms with Gasteiger partial charge < -0.3 is 19.7 Å². The molecule has 2 aliphatic rings. The van der Waals surface area contributed by atoms with Gasteiger partial charge in [0.2, 0.25) is 5.13 Å². The Morgan fingerprint density at radius 1 is 0.838 bits per heavy atom. The van der Waals surface area contributed by atoms with E-state index in [0.717, 1.165) is 64.5 Å². The summed E-state index contributed by atoms with van der Waals surface area (Å²) in [4.78, 5) is 10.0. The van der Waals surface area contributed by atoms with Gasteiger partial charge >= 0.3 is 0 Å². The lowest BCUT2D eigenvalue weighted by Crippen LogP contribution is -2.44. The third-order valence-corrected chi connectivity index (χ3v) is 8.17. The van der Waals surface area contributed by atoms with E-state index in [1.165, 1.54) is 24.0 Å². The van der Waals surface area contributed by atoms with Crippen LogP contribution in [0.15, 0.2) is 72.8 Å². The highest BCUT2D eigenvalue weighted by Gasteiger charge is 2.30. The molecule has 2 aromatic heterocycles. The summed E-state index contributed by atoms with van der Waals surface area (Å²) in [5, 5.41) is 14.3. The van der Waals surface area contributed by atoms with Crippen LogP contribution in [0.2, 0.25) is 0 Å². The van der Waals surface area contributed by atoms with E-state index in [1.807, 2.05) is 18.2 Å². The Morgan fingerprint density at radius 3 is 2.24 bits per heavy atom. The van der Waals surface area contributed by atoms with Gasteiger partial charge in [0.1, 0.15) is 10.8 Å². The fraction of sp³-hybridized carbons (Fsp3) is 0.276. The fourth-order valence-electron chi connectivity index (χ4n) is 5.12. The lowest BCUT2D eigenvalue weighted by atomic mass is 10.2. The Hall–Kier alpha value is -3.75. The number of hydrogen-bond acceptors (Lipinski definition) is 7. The van der Waals surface area contributed by atoms with Crippen LogP contribution >= 0.6 is 11.3 Å². The number of hydrogen-bond donors (Lipinski definition) is 1. The number of likely N-dealkylation sites (N-methyl/N-ethyl adjacent to an activating group) is 1. The van der Waals surface area contributed by atoms with E-state index in [-0.39, 0.29) is 0 Å². The smallest absolute Gasteiger partial charge is 0.210 e. The first-order valence-corrected chi connectivity index (χ1v) is 13.8. The van der Waals surface area contributed by atoms with Crippen molar-refractivity contribution in [3.05, 3.63) is 72.8 Å². The van der Waals surface area contributed by atoms with Gasteiger partial charge in [-0.3, -0.25) is 0 Å². The average molecular weight is 508 g/mol. The van der Waals surface area contributed by atoms with Gasteiger partial charge in [-0.25, -0.2) is 4.98 Å². The topological polar surface area (TPSA) is 62.1 Å². The number of nitrogens with one attached hydrogen (secondary N) is 1. The molecule has 7 rings (SSSR count). The Kier molecular flexibility index (Phi) is 5.63. The van der Waals surface area contributed by atoms with E-state index in [9.17, 15) is 0 Å². The highest BCUT2D eigenvalue weighted by molar-refractivity contribution is 7.18. The molecule has 186 valence electrons. The molecule has 1 N–H and O–H groups in total. The summed E-state index contributed by atoms with van der Waals surface area (Å²) in [5.41, 5.74) is 6.71. The van der Waals surface area contributed by atoms with E-state index in [0.29, 0.717) is 6.04 Å². The molecule has 1 saturated heterocycles. The molecule has 8 heteroatoms. The van der Waals surface area contributed by atoms with Gasteiger partial charge in [-0.15, -0.1) is 10.2 Å². The first kappa shape index (κ1) is 22.4. The van der Waals surface area contributed by atoms with Crippen LogP contribution in [-0.4, -0.2) is 57.9 Å². The van der Waals surface area contributed by atoms with Gasteiger partial charge in [-0.1, -0.05) is 72.0 Å². The molecule has 0 amide bonds. The summed E-state index contributed by atoms with van der Waals surface area (Å²) in [6, 6.07) is 25.9. The molecular weight excluding hydrogens is 478 g/mol. The van der Waals surface area contributed by atoms with E-state index < -0.39 is 0 Å². The number of nitrogens with zero attached hydrogens (tertiary/aromatic N) is 6. The number of fused-ring (bicyclic) bond motifs is 1. The summed E-state index contributed by atoms with van der Waals surface area (Å²) >= 11 is 1.58. The van der Waals surface area contributed by atoms with Crippen LogP contribution in [-0.2, 0) is 0 Å². The second-order valence-corrected chi connectivity index (χ2v) is 10.9. The zero-order valence-corrected chi connectivity index (χ0v) is 21.7. The predicted octanol–water partition coefficient (Wildman–Crippen LogP) is 6.05. The first-order chi connectivity index (χ1) is 18.2. The van der Waals surface area contributed by atoms with Gasteiger partial charge in [0, 0.05) is 43.3 Å². The molecular formula is C29H29N7S. The van der Waals surface area contributed by atoms with Crippen molar-refractivity contribution in [3.63, 3.8) is 0 Å². The van der Waals surface area contributed by atoms with Crippen molar-refractivity contribution >= 4 is 38.9 Å². The Balaban J connectivity index is 1.33. The Bertz CT molecular complexity index is 1530. The maximum atomic E-state index is 5.16. The van der Waals surface area contributed by atoms with E-state index >= 15 is 0 Å². The molecule has 1 saturated carbocycles. The quantitative estimate of drug-likeness (QED) is 0.302. The molecule has 37 heavy (non-hydrogen) atoms. The summed E-state index contributed by atoms with van der Waals surface area (Å²) in [6.07, 6.45) is 2.42. The zero-order valence-electron chi connectivity index (χ0n) is 20.8. The van der Waals surface area contributed by atoms with Gasteiger partial charge in [0.05, 0.1) is 22.4 Å². The molecule has 0 atom stereocenters. The lowest BCUT2D eigenvalue weighted by molar-refractivity contribution is 0.313. The third-order valence-electron chi connectivity index (χ3n) is 7.28. The maximum absolute atomic E-state index is 5.16. The minimum absolute atomic E-state index is 0.524. The van der Waals surface area contributed by atoms with Crippen LogP contribution in [0.1, 0.15) is 18.9 Å². The van der Waals surface area contributed by atoms with Crippen molar-refractivity contribution in [3.8, 4) is 22.0 Å². The highest BCUT2D eigenvalue weighted by Crippen LogP contribution is 2.44. The zero-order chi connectivity index (χ0) is 24.8. The van der Waals surface area contributed by atoms with Crippen LogP contribution in [0.25, 0.3) is 33.0 Å². The van der Waals surface area contributed by atoms with Crippen molar-refractivity contribution in [2.24, 2.45) is 0 Å². The minimum Gasteiger partial charge on any atom is -0.367 e. The lowest BCUT2D eigenvalue weighted by Gasteiger charge is -2.35. The average Bonchev–Trinajstić information content (AvgIpc) is 3.55. The number of aromatic nitrogens is 4. The van der Waals surface area contributed by atoms with Gasteiger partial charge in [-0.05, 0) is 32.0 Å². The van der Waals surface area contributed by atoms with Gasteiger partial charge in [-0.2, -0.15) is 0 Å². The summed E-state index contributed by atoms with van der Waals surface area (Å²) < 4.78 is 2.46. The molecule has 3 heterocycles. The van der Waals surface area contributed by atoms with E-state index in [1.54, 1.807) is 11.3 Å². The summed E-state index contributed by atoms with van der Waals surface area (Å²) in [5.74, 6) is 1.06. The van der Waals surface area contributed by atoms with E-state index in [2.05, 4.69) is 91.5 Å². The maximum Gasteiger partial charge on any atom is 0.210 e. The van der Waals surface area contributed by atoms with Crippen molar-refractivity contribution in [2.75, 3.05) is 43.4 Å². The second kappa shape index (κ2) is 9.28. The highest BCUT2D eigenvalue weighted by atomic mass is 32.1. The molecule has 1 aliphatic carbocycles. The molecule has 0 unspecified atom stereocenters. The first-order valence-electron chi connectivity index (χ1n) is 12.9. The number of benzene rings is 3. The molecule has 3 aromatic carbocycles. The largest absolute Gasteiger partial charge is 0.367 e. The number of anilines is 3. The van der Waals surface area contributed by atoms with E-state index in [4.69, 9.17) is 4.98 Å². The standard InChI is InChI=1S/C29H29N7S/c1-34-14-16-35(17-15-34)25-19-26-24(30-27(36(26)22-12-13-22)20-8-4-2-5-9-20)18-23(25)31-29-33-32-28(37-29)21-10-6-3-7-11-21/h2-11,18-19,22H,12-17H2,1H3,(H,31,33). The van der Waals surface area contributed by atoms with Crippen LogP contribution in [0.3, 0.4) is 0 Å². The fourth-order valence-corrected chi connectivity index (χ4v) is 5.88. The third kappa shape index (κ3) is 4.36. The van der Waals surface area contributed by atoms with Gasteiger partial charge in [0.25, 0.3) is 0 Å².